The minimum Gasteiger partial charge on any atom is -0.442 e. The van der Waals surface area contributed by atoms with Gasteiger partial charge in [-0.1, -0.05) is 24.3 Å². The summed E-state index contributed by atoms with van der Waals surface area (Å²) in [6, 6.07) is 8.07. The number of benzene rings is 1. The first-order valence-corrected chi connectivity index (χ1v) is 7.11. The highest BCUT2D eigenvalue weighted by Crippen LogP contribution is 2.25. The van der Waals surface area contributed by atoms with Crippen LogP contribution in [0.1, 0.15) is 38.3 Å². The molecule has 1 aliphatic rings. The third-order valence-corrected chi connectivity index (χ3v) is 3.31. The molecule has 1 amide bonds. The summed E-state index contributed by atoms with van der Waals surface area (Å²) in [6.07, 6.45) is 1.46. The van der Waals surface area contributed by atoms with Gasteiger partial charge in [-0.15, -0.1) is 5.48 Å². The third-order valence-electron chi connectivity index (χ3n) is 3.31. The molecular formula is C16H21NO4. The number of fused-ring (bicyclic) bond motifs is 1. The molecule has 114 valence electrons. The molecule has 0 fully saturated rings. The first-order chi connectivity index (χ1) is 9.85. The summed E-state index contributed by atoms with van der Waals surface area (Å²) in [7, 11) is 0. The Hall–Kier alpha value is -2.04. The van der Waals surface area contributed by atoms with E-state index in [9.17, 15) is 9.59 Å². The molecule has 0 saturated carbocycles. The fourth-order valence-electron chi connectivity index (χ4n) is 2.37. The van der Waals surface area contributed by atoms with Gasteiger partial charge in [-0.3, -0.25) is 0 Å². The highest BCUT2D eigenvalue weighted by atomic mass is 16.7. The zero-order valence-corrected chi connectivity index (χ0v) is 12.6. The van der Waals surface area contributed by atoms with Crippen LogP contribution in [-0.2, 0) is 27.2 Å². The van der Waals surface area contributed by atoms with Crippen molar-refractivity contribution in [3.63, 3.8) is 0 Å². The predicted octanol–water partition coefficient (Wildman–Crippen LogP) is 2.77. The number of carbonyl (C=O) groups excluding carboxylic acids is 2. The zero-order valence-electron chi connectivity index (χ0n) is 12.6. The summed E-state index contributed by atoms with van der Waals surface area (Å²) >= 11 is 0. The summed E-state index contributed by atoms with van der Waals surface area (Å²) in [5.41, 5.74) is 3.87. The van der Waals surface area contributed by atoms with Crippen LogP contribution in [0.4, 0.5) is 4.79 Å². The fourth-order valence-corrected chi connectivity index (χ4v) is 2.37. The largest absolute Gasteiger partial charge is 0.442 e. The summed E-state index contributed by atoms with van der Waals surface area (Å²) in [5, 5.41) is 0. The van der Waals surface area contributed by atoms with Gasteiger partial charge >= 0.3 is 12.1 Å². The monoisotopic (exact) mass is 291 g/mol. The van der Waals surface area contributed by atoms with Gasteiger partial charge in [0.2, 0.25) is 0 Å². The molecular weight excluding hydrogens is 270 g/mol. The van der Waals surface area contributed by atoms with E-state index in [0.717, 1.165) is 12.8 Å². The van der Waals surface area contributed by atoms with Gasteiger partial charge in [0, 0.05) is 0 Å². The van der Waals surface area contributed by atoms with Crippen molar-refractivity contribution in [1.82, 2.24) is 5.48 Å². The van der Waals surface area contributed by atoms with E-state index in [2.05, 4.69) is 6.07 Å². The highest BCUT2D eigenvalue weighted by Gasteiger charge is 2.27. The molecule has 0 saturated heterocycles. The summed E-state index contributed by atoms with van der Waals surface area (Å²) in [6.45, 7) is 5.23. The maximum absolute atomic E-state index is 12.0. The van der Waals surface area contributed by atoms with Crippen molar-refractivity contribution in [2.24, 2.45) is 5.92 Å². The molecule has 0 spiro atoms. The minimum absolute atomic E-state index is 0.227. The summed E-state index contributed by atoms with van der Waals surface area (Å²) in [5.74, 6) is -0.648. The topological polar surface area (TPSA) is 64.6 Å². The van der Waals surface area contributed by atoms with E-state index in [-0.39, 0.29) is 5.92 Å². The van der Waals surface area contributed by atoms with E-state index in [1.165, 1.54) is 11.1 Å². The average Bonchev–Trinajstić information content (AvgIpc) is 2.42. The van der Waals surface area contributed by atoms with Crippen LogP contribution in [0.25, 0.3) is 0 Å². The molecule has 1 atom stereocenters. The lowest BCUT2D eigenvalue weighted by Crippen LogP contribution is -2.36. The Balaban J connectivity index is 1.84. The molecule has 0 heterocycles. The molecule has 1 aromatic carbocycles. The number of ether oxygens (including phenoxy) is 1. The Morgan fingerprint density at radius 2 is 1.86 bits per heavy atom. The third kappa shape index (κ3) is 4.48. The maximum atomic E-state index is 12.0. The van der Waals surface area contributed by atoms with Crippen LogP contribution in [0.3, 0.4) is 0 Å². The van der Waals surface area contributed by atoms with Crippen LogP contribution >= 0.6 is 0 Å². The SMILES string of the molecule is CC(C)(C)OC(=O)NOC(=O)C1CCc2ccccc2C1. The molecule has 5 heteroatoms. The number of rotatable bonds is 1. The second-order valence-corrected chi connectivity index (χ2v) is 6.23. The van der Waals surface area contributed by atoms with Gasteiger partial charge < -0.3 is 9.57 Å². The molecule has 1 unspecified atom stereocenters. The number of hydroxylamine groups is 1. The standard InChI is InChI=1S/C16H21NO4/c1-16(2,3)20-15(19)17-21-14(18)13-9-8-11-6-4-5-7-12(11)10-13/h4-7,13H,8-10H2,1-3H3,(H,17,19). The second-order valence-electron chi connectivity index (χ2n) is 6.23. The van der Waals surface area contributed by atoms with Crippen molar-refractivity contribution in [3.8, 4) is 0 Å². The van der Waals surface area contributed by atoms with Gasteiger partial charge in [0.15, 0.2) is 0 Å². The van der Waals surface area contributed by atoms with Gasteiger partial charge in [-0.2, -0.15) is 0 Å². The van der Waals surface area contributed by atoms with Gasteiger partial charge in [0.05, 0.1) is 5.92 Å². The molecule has 1 aromatic rings. The number of hydrogen-bond donors (Lipinski definition) is 1. The Labute approximate surface area is 124 Å². The second kappa shape index (κ2) is 6.16. The highest BCUT2D eigenvalue weighted by molar-refractivity contribution is 5.76. The lowest BCUT2D eigenvalue weighted by Gasteiger charge is -2.23. The molecule has 0 aliphatic heterocycles. The van der Waals surface area contributed by atoms with Crippen molar-refractivity contribution < 1.29 is 19.2 Å². The lowest BCUT2D eigenvalue weighted by atomic mass is 9.84. The molecule has 0 radical (unpaired) electrons. The van der Waals surface area contributed by atoms with Crippen molar-refractivity contribution >= 4 is 12.1 Å². The van der Waals surface area contributed by atoms with E-state index in [1.54, 1.807) is 20.8 Å². The minimum atomic E-state index is -0.757. The maximum Gasteiger partial charge on any atom is 0.441 e. The lowest BCUT2D eigenvalue weighted by molar-refractivity contribution is -0.156. The number of nitrogens with one attached hydrogen (secondary N) is 1. The Morgan fingerprint density at radius 3 is 2.52 bits per heavy atom. The smallest absolute Gasteiger partial charge is 0.441 e. The number of amides is 1. The molecule has 0 bridgehead atoms. The predicted molar refractivity (Wildman–Crippen MR) is 77.4 cm³/mol. The first-order valence-electron chi connectivity index (χ1n) is 7.11. The van der Waals surface area contributed by atoms with Crippen LogP contribution < -0.4 is 5.48 Å². The van der Waals surface area contributed by atoms with Crippen molar-refractivity contribution in [1.29, 1.82) is 0 Å². The zero-order chi connectivity index (χ0) is 15.5. The Morgan fingerprint density at radius 1 is 1.19 bits per heavy atom. The Bertz CT molecular complexity index is 533. The van der Waals surface area contributed by atoms with Crippen molar-refractivity contribution in [2.45, 2.75) is 45.6 Å². The summed E-state index contributed by atoms with van der Waals surface area (Å²) < 4.78 is 5.00. The van der Waals surface area contributed by atoms with Crippen LogP contribution in [-0.4, -0.2) is 17.7 Å². The fraction of sp³-hybridized carbons (Fsp3) is 0.500. The van der Waals surface area contributed by atoms with Crippen LogP contribution in [0.15, 0.2) is 24.3 Å². The van der Waals surface area contributed by atoms with Crippen LogP contribution in [0, 0.1) is 5.92 Å². The molecule has 21 heavy (non-hydrogen) atoms. The van der Waals surface area contributed by atoms with Gasteiger partial charge in [-0.25, -0.2) is 9.59 Å². The van der Waals surface area contributed by atoms with Gasteiger partial charge in [0.25, 0.3) is 0 Å². The van der Waals surface area contributed by atoms with Crippen LogP contribution in [0.5, 0.6) is 0 Å². The van der Waals surface area contributed by atoms with E-state index in [0.29, 0.717) is 6.42 Å². The summed E-state index contributed by atoms with van der Waals surface area (Å²) in [4.78, 5) is 28.3. The molecule has 2 rings (SSSR count). The van der Waals surface area contributed by atoms with Crippen molar-refractivity contribution in [2.75, 3.05) is 0 Å². The normalized spacial score (nSPS) is 17.6. The quantitative estimate of drug-likeness (QED) is 0.808. The van der Waals surface area contributed by atoms with Crippen molar-refractivity contribution in [3.05, 3.63) is 35.4 Å². The molecule has 1 aliphatic carbocycles. The first kappa shape index (κ1) is 15.4. The van der Waals surface area contributed by atoms with E-state index >= 15 is 0 Å². The number of hydrogen-bond acceptors (Lipinski definition) is 4. The van der Waals surface area contributed by atoms with Crippen LogP contribution in [0.2, 0.25) is 0 Å². The van der Waals surface area contributed by atoms with E-state index in [4.69, 9.17) is 9.57 Å². The van der Waals surface area contributed by atoms with Gasteiger partial charge in [-0.05, 0) is 51.2 Å². The molecule has 5 nitrogen and oxygen atoms in total. The molecule has 1 N–H and O–H groups in total. The van der Waals surface area contributed by atoms with E-state index < -0.39 is 17.7 Å². The number of aryl methyl sites for hydroxylation is 1. The average molecular weight is 291 g/mol. The van der Waals surface area contributed by atoms with Gasteiger partial charge in [0.1, 0.15) is 5.60 Å². The Kier molecular flexibility index (Phi) is 4.50. The van der Waals surface area contributed by atoms with E-state index in [1.807, 2.05) is 23.7 Å². The number of carbonyl (C=O) groups is 2. The molecule has 0 aromatic heterocycles.